The number of fused-ring (bicyclic) bond motifs is 1. The van der Waals surface area contributed by atoms with Crippen molar-refractivity contribution in [2.75, 3.05) is 31.1 Å². The average molecular weight is 372 g/mol. The zero-order chi connectivity index (χ0) is 19.0. The Morgan fingerprint density at radius 2 is 1.93 bits per heavy atom. The molecular weight excluding hydrogens is 348 g/mol. The second-order valence-electron chi connectivity index (χ2n) is 7.57. The lowest BCUT2D eigenvalue weighted by Crippen LogP contribution is -2.49. The van der Waals surface area contributed by atoms with Gasteiger partial charge in [-0.15, -0.1) is 0 Å². The molecule has 0 radical (unpaired) electrons. The van der Waals surface area contributed by atoms with E-state index in [1.54, 1.807) is 11.0 Å². The molecule has 3 heterocycles. The molecule has 1 aromatic rings. The molecule has 0 aromatic heterocycles. The van der Waals surface area contributed by atoms with E-state index in [0.29, 0.717) is 18.7 Å². The van der Waals surface area contributed by atoms with E-state index in [1.165, 1.54) is 12.1 Å². The van der Waals surface area contributed by atoms with Crippen LogP contribution in [0.5, 0.6) is 0 Å². The van der Waals surface area contributed by atoms with E-state index in [2.05, 4.69) is 10.2 Å². The van der Waals surface area contributed by atoms with Crippen molar-refractivity contribution in [1.29, 1.82) is 0 Å². The molecule has 0 aliphatic carbocycles. The number of benzene rings is 1. The third-order valence-electron chi connectivity index (χ3n) is 5.98. The van der Waals surface area contributed by atoms with E-state index in [-0.39, 0.29) is 29.5 Å². The average Bonchev–Trinajstić information content (AvgIpc) is 3.09. The van der Waals surface area contributed by atoms with Gasteiger partial charge in [0.2, 0.25) is 5.91 Å². The number of nitro groups is 1. The van der Waals surface area contributed by atoms with Gasteiger partial charge in [-0.25, -0.2) is 0 Å². The van der Waals surface area contributed by atoms with Crippen LogP contribution in [0.4, 0.5) is 11.4 Å². The van der Waals surface area contributed by atoms with Crippen molar-refractivity contribution in [2.45, 2.75) is 38.1 Å². The van der Waals surface area contributed by atoms with Crippen molar-refractivity contribution < 1.29 is 14.5 Å². The Balaban J connectivity index is 1.69. The Kier molecular flexibility index (Phi) is 4.72. The topological polar surface area (TPSA) is 95.8 Å². The molecular formula is C19H24N4O4. The minimum atomic E-state index is -0.462. The van der Waals surface area contributed by atoms with E-state index < -0.39 is 4.92 Å². The molecule has 3 saturated heterocycles. The number of anilines is 1. The summed E-state index contributed by atoms with van der Waals surface area (Å²) in [5.74, 6) is -0.363. The second-order valence-corrected chi connectivity index (χ2v) is 7.57. The van der Waals surface area contributed by atoms with Crippen LogP contribution >= 0.6 is 0 Å². The molecule has 27 heavy (non-hydrogen) atoms. The molecule has 4 rings (SSSR count). The molecule has 3 aliphatic rings. The number of carbonyl (C=O) groups excluding carboxylic acids is 2. The normalized spacial score (nSPS) is 25.1. The number of nitrogens with zero attached hydrogens (tertiary/aromatic N) is 3. The fraction of sp³-hybridized carbons (Fsp3) is 0.579. The molecule has 1 N–H and O–H groups in total. The molecule has 0 spiro atoms. The number of likely N-dealkylation sites (tertiary alicyclic amines) is 1. The second kappa shape index (κ2) is 7.17. The van der Waals surface area contributed by atoms with Gasteiger partial charge in [0.1, 0.15) is 0 Å². The standard InChI is InChI=1S/C19H24N4O4/c24-18-14-5-4-10-22(17(14)12-20-18)19(25)15-11-13(23(26)27)6-7-16(15)21-8-2-1-3-9-21/h6-7,11,14,17H,1-5,8-10,12H2,(H,20,24)/t14-,17+/m1/s1. The van der Waals surface area contributed by atoms with Gasteiger partial charge >= 0.3 is 0 Å². The summed E-state index contributed by atoms with van der Waals surface area (Å²) < 4.78 is 0. The van der Waals surface area contributed by atoms with Crippen molar-refractivity contribution >= 4 is 23.2 Å². The highest BCUT2D eigenvalue weighted by Gasteiger charge is 2.43. The molecule has 0 saturated carbocycles. The molecule has 0 unspecified atom stereocenters. The summed E-state index contributed by atoms with van der Waals surface area (Å²) in [6.07, 6.45) is 4.83. The van der Waals surface area contributed by atoms with Crippen LogP contribution in [0.3, 0.4) is 0 Å². The zero-order valence-electron chi connectivity index (χ0n) is 15.2. The smallest absolute Gasteiger partial charge is 0.270 e. The Bertz CT molecular complexity index is 775. The van der Waals surface area contributed by atoms with Crippen molar-refractivity contribution in [1.82, 2.24) is 10.2 Å². The lowest BCUT2D eigenvalue weighted by Gasteiger charge is -2.37. The van der Waals surface area contributed by atoms with Crippen LogP contribution in [0, 0.1) is 16.0 Å². The first kappa shape index (κ1) is 17.8. The maximum absolute atomic E-state index is 13.4. The largest absolute Gasteiger partial charge is 0.371 e. The number of hydrogen-bond acceptors (Lipinski definition) is 5. The van der Waals surface area contributed by atoms with Gasteiger partial charge in [-0.3, -0.25) is 19.7 Å². The van der Waals surface area contributed by atoms with Crippen LogP contribution in [0.1, 0.15) is 42.5 Å². The summed E-state index contributed by atoms with van der Waals surface area (Å²) in [6.45, 7) is 2.74. The first-order valence-electron chi connectivity index (χ1n) is 9.68. The first-order chi connectivity index (χ1) is 13.1. The van der Waals surface area contributed by atoms with Gasteiger partial charge in [-0.1, -0.05) is 0 Å². The summed E-state index contributed by atoms with van der Waals surface area (Å²) >= 11 is 0. The quantitative estimate of drug-likeness (QED) is 0.646. The molecule has 1 aromatic carbocycles. The van der Waals surface area contributed by atoms with Gasteiger partial charge in [0, 0.05) is 38.3 Å². The van der Waals surface area contributed by atoms with Crippen LogP contribution in [-0.4, -0.2) is 53.9 Å². The van der Waals surface area contributed by atoms with Crippen molar-refractivity contribution in [3.8, 4) is 0 Å². The maximum Gasteiger partial charge on any atom is 0.270 e. The lowest BCUT2D eigenvalue weighted by molar-refractivity contribution is -0.384. The molecule has 144 valence electrons. The van der Waals surface area contributed by atoms with E-state index in [9.17, 15) is 19.7 Å². The molecule has 0 bridgehead atoms. The number of nitro benzene ring substituents is 1. The fourth-order valence-corrected chi connectivity index (χ4v) is 4.58. The van der Waals surface area contributed by atoms with E-state index in [1.807, 2.05) is 0 Å². The number of hydrogen-bond donors (Lipinski definition) is 1. The summed E-state index contributed by atoms with van der Waals surface area (Å²) in [5, 5.41) is 14.1. The Morgan fingerprint density at radius 3 is 2.67 bits per heavy atom. The Labute approximate surface area is 157 Å². The fourth-order valence-electron chi connectivity index (χ4n) is 4.58. The van der Waals surface area contributed by atoms with Crippen molar-refractivity contribution in [3.05, 3.63) is 33.9 Å². The summed E-state index contributed by atoms with van der Waals surface area (Å²) in [4.78, 5) is 40.2. The van der Waals surface area contributed by atoms with Crippen LogP contribution in [-0.2, 0) is 4.79 Å². The van der Waals surface area contributed by atoms with Crippen molar-refractivity contribution in [2.24, 2.45) is 5.92 Å². The van der Waals surface area contributed by atoms with Gasteiger partial charge in [0.25, 0.3) is 11.6 Å². The monoisotopic (exact) mass is 372 g/mol. The summed E-state index contributed by atoms with van der Waals surface area (Å²) in [6, 6.07) is 4.42. The van der Waals surface area contributed by atoms with Crippen LogP contribution in [0.2, 0.25) is 0 Å². The predicted octanol–water partition coefficient (Wildman–Crippen LogP) is 1.94. The van der Waals surface area contributed by atoms with Crippen molar-refractivity contribution in [3.63, 3.8) is 0 Å². The molecule has 8 heteroatoms. The first-order valence-corrected chi connectivity index (χ1v) is 9.68. The molecule has 2 amide bonds. The van der Waals surface area contributed by atoms with Crippen LogP contribution < -0.4 is 10.2 Å². The summed E-state index contributed by atoms with van der Waals surface area (Å²) in [7, 11) is 0. The van der Waals surface area contributed by atoms with Gasteiger partial charge in [-0.05, 0) is 38.2 Å². The Hall–Kier alpha value is -2.64. The molecule has 3 aliphatic heterocycles. The number of carbonyl (C=O) groups is 2. The van der Waals surface area contributed by atoms with Crippen LogP contribution in [0.25, 0.3) is 0 Å². The number of piperidine rings is 2. The van der Waals surface area contributed by atoms with E-state index in [0.717, 1.165) is 50.9 Å². The van der Waals surface area contributed by atoms with Gasteiger partial charge in [0.05, 0.1) is 28.1 Å². The highest BCUT2D eigenvalue weighted by atomic mass is 16.6. The van der Waals surface area contributed by atoms with Gasteiger partial charge in [0.15, 0.2) is 0 Å². The van der Waals surface area contributed by atoms with Gasteiger partial charge < -0.3 is 15.1 Å². The van der Waals surface area contributed by atoms with E-state index >= 15 is 0 Å². The minimum absolute atomic E-state index is 0.00722. The zero-order valence-corrected chi connectivity index (χ0v) is 15.2. The third kappa shape index (κ3) is 3.24. The molecule has 2 atom stereocenters. The maximum atomic E-state index is 13.4. The summed E-state index contributed by atoms with van der Waals surface area (Å²) in [5.41, 5.74) is 1.07. The lowest BCUT2D eigenvalue weighted by atomic mass is 9.90. The van der Waals surface area contributed by atoms with E-state index in [4.69, 9.17) is 0 Å². The third-order valence-corrected chi connectivity index (χ3v) is 5.98. The van der Waals surface area contributed by atoms with Gasteiger partial charge in [-0.2, -0.15) is 0 Å². The predicted molar refractivity (Wildman–Crippen MR) is 99.7 cm³/mol. The SMILES string of the molecule is O=C1NC[C@H]2[C@H]1CCCN2C(=O)c1cc([N+](=O)[O-])ccc1N1CCCCC1. The number of non-ortho nitro benzene ring substituents is 1. The Morgan fingerprint density at radius 1 is 1.15 bits per heavy atom. The minimum Gasteiger partial charge on any atom is -0.371 e. The highest BCUT2D eigenvalue weighted by molar-refractivity contribution is 6.01. The number of nitrogens with one attached hydrogen (secondary N) is 1. The highest BCUT2D eigenvalue weighted by Crippen LogP contribution is 2.33. The van der Waals surface area contributed by atoms with Crippen LogP contribution in [0.15, 0.2) is 18.2 Å². The number of amides is 2. The molecule has 3 fully saturated rings. The number of rotatable bonds is 3. The molecule has 8 nitrogen and oxygen atoms in total.